The van der Waals surface area contributed by atoms with Gasteiger partial charge in [0.15, 0.2) is 0 Å². The summed E-state index contributed by atoms with van der Waals surface area (Å²) in [6.07, 6.45) is 3.53. The molecule has 4 nitrogen and oxygen atoms in total. The van der Waals surface area contributed by atoms with Crippen LogP contribution in [0.3, 0.4) is 0 Å². The van der Waals surface area contributed by atoms with E-state index in [1.165, 1.54) is 0 Å². The number of carboxylic acids is 1. The minimum Gasteiger partial charge on any atom is -0.481 e. The van der Waals surface area contributed by atoms with Gasteiger partial charge in [-0.25, -0.2) is 0 Å². The number of aromatic nitrogens is 1. The molecule has 1 rings (SSSR count). The number of aliphatic carboxylic acids is 1. The van der Waals surface area contributed by atoms with Crippen molar-refractivity contribution in [1.29, 1.82) is 0 Å². The quantitative estimate of drug-likeness (QED) is 0.719. The lowest BCUT2D eigenvalue weighted by Gasteiger charge is -2.05. The first-order valence-electron chi connectivity index (χ1n) is 6.01. The molecule has 1 aromatic rings. The van der Waals surface area contributed by atoms with E-state index in [0.29, 0.717) is 6.61 Å². The fourth-order valence-corrected chi connectivity index (χ4v) is 1.63. The third kappa shape index (κ3) is 5.59. The van der Waals surface area contributed by atoms with Crippen molar-refractivity contribution in [3.05, 3.63) is 35.7 Å². The Labute approximate surface area is 107 Å². The minimum absolute atomic E-state index is 0.0588. The first kappa shape index (κ1) is 14.4. The van der Waals surface area contributed by atoms with Crippen molar-refractivity contribution in [1.82, 2.24) is 4.98 Å². The van der Waals surface area contributed by atoms with Gasteiger partial charge in [0, 0.05) is 18.0 Å². The summed E-state index contributed by atoms with van der Waals surface area (Å²) in [6, 6.07) is 4.00. The highest BCUT2D eigenvalue weighted by Crippen LogP contribution is 2.08. The first-order chi connectivity index (χ1) is 8.61. The van der Waals surface area contributed by atoms with Gasteiger partial charge in [0.1, 0.15) is 0 Å². The van der Waals surface area contributed by atoms with Gasteiger partial charge in [-0.05, 0) is 37.5 Å². The smallest absolute Gasteiger partial charge is 0.305 e. The second-order valence-electron chi connectivity index (χ2n) is 4.10. The number of rotatable bonds is 8. The zero-order valence-corrected chi connectivity index (χ0v) is 10.7. The van der Waals surface area contributed by atoms with E-state index in [1.54, 1.807) is 0 Å². The van der Waals surface area contributed by atoms with Crippen LogP contribution in [0.4, 0.5) is 0 Å². The zero-order valence-electron chi connectivity index (χ0n) is 10.7. The minimum atomic E-state index is -0.828. The van der Waals surface area contributed by atoms with E-state index in [4.69, 9.17) is 9.84 Å². The molecule has 0 saturated heterocycles. The van der Waals surface area contributed by atoms with E-state index in [0.717, 1.165) is 29.8 Å². The Hall–Kier alpha value is -1.68. The number of hydrogen-bond acceptors (Lipinski definition) is 3. The van der Waals surface area contributed by atoms with Gasteiger partial charge in [-0.1, -0.05) is 12.7 Å². The molecule has 0 atom stereocenters. The molecule has 0 bridgehead atoms. The molecule has 1 aromatic heterocycles. The van der Waals surface area contributed by atoms with E-state index in [9.17, 15) is 4.79 Å². The third-order valence-corrected chi connectivity index (χ3v) is 2.45. The molecule has 0 saturated carbocycles. The number of nitrogens with zero attached hydrogens (tertiary/aromatic N) is 1. The number of pyridine rings is 1. The van der Waals surface area contributed by atoms with Crippen LogP contribution in [0.2, 0.25) is 0 Å². The third-order valence-electron chi connectivity index (χ3n) is 2.45. The number of carboxylic acid groups (broad SMARTS) is 1. The average Bonchev–Trinajstić information content (AvgIpc) is 2.32. The normalized spacial score (nSPS) is 10.3. The van der Waals surface area contributed by atoms with Gasteiger partial charge in [-0.15, -0.1) is 0 Å². The van der Waals surface area contributed by atoms with Crippen LogP contribution in [-0.4, -0.2) is 29.3 Å². The molecule has 0 radical (unpaired) electrons. The molecule has 0 fully saturated rings. The monoisotopic (exact) mass is 249 g/mol. The highest BCUT2D eigenvalue weighted by atomic mass is 16.5. The second kappa shape index (κ2) is 7.61. The van der Waals surface area contributed by atoms with E-state index in [2.05, 4.69) is 11.6 Å². The number of ether oxygens (including phenoxy) is 1. The van der Waals surface area contributed by atoms with Crippen LogP contribution in [0.15, 0.2) is 18.7 Å². The van der Waals surface area contributed by atoms with Crippen molar-refractivity contribution in [3.63, 3.8) is 0 Å². The van der Waals surface area contributed by atoms with Crippen LogP contribution in [0, 0.1) is 6.92 Å². The molecule has 18 heavy (non-hydrogen) atoms. The van der Waals surface area contributed by atoms with Crippen LogP contribution in [0.5, 0.6) is 0 Å². The van der Waals surface area contributed by atoms with Crippen LogP contribution < -0.4 is 0 Å². The summed E-state index contributed by atoms with van der Waals surface area (Å²) in [5, 5.41) is 8.44. The topological polar surface area (TPSA) is 59.4 Å². The van der Waals surface area contributed by atoms with Gasteiger partial charge in [0.2, 0.25) is 0 Å². The standard InChI is InChI=1S/C14H19NO3/c1-3-12-9-11(2)15-13(10-12)5-4-7-18-8-6-14(16)17/h3,9-10H,1,4-8H2,2H3,(H,16,17). The van der Waals surface area contributed by atoms with Gasteiger partial charge < -0.3 is 9.84 Å². The SMILES string of the molecule is C=Cc1cc(C)nc(CCCOCCC(=O)O)c1. The predicted octanol–water partition coefficient (Wildman–Crippen LogP) is 2.46. The van der Waals surface area contributed by atoms with Crippen molar-refractivity contribution >= 4 is 12.0 Å². The maximum atomic E-state index is 10.3. The summed E-state index contributed by atoms with van der Waals surface area (Å²) in [5.74, 6) is -0.828. The number of carbonyl (C=O) groups is 1. The summed E-state index contributed by atoms with van der Waals surface area (Å²) in [5.41, 5.74) is 3.07. The molecule has 0 amide bonds. The molecule has 0 aromatic carbocycles. The summed E-state index contributed by atoms with van der Waals surface area (Å²) in [6.45, 7) is 6.53. The molecule has 1 N–H and O–H groups in total. The van der Waals surface area contributed by atoms with Gasteiger partial charge >= 0.3 is 5.97 Å². The van der Waals surface area contributed by atoms with Crippen LogP contribution in [0.25, 0.3) is 6.08 Å². The molecule has 98 valence electrons. The largest absolute Gasteiger partial charge is 0.481 e. The molecule has 0 aliphatic carbocycles. The van der Waals surface area contributed by atoms with Gasteiger partial charge in [0.05, 0.1) is 13.0 Å². The summed E-state index contributed by atoms with van der Waals surface area (Å²) < 4.78 is 5.22. The Morgan fingerprint density at radius 3 is 2.94 bits per heavy atom. The van der Waals surface area contributed by atoms with E-state index >= 15 is 0 Å². The van der Waals surface area contributed by atoms with E-state index in [-0.39, 0.29) is 13.0 Å². The second-order valence-corrected chi connectivity index (χ2v) is 4.10. The predicted molar refractivity (Wildman–Crippen MR) is 70.5 cm³/mol. The highest BCUT2D eigenvalue weighted by Gasteiger charge is 2.00. The molecule has 0 aliphatic heterocycles. The maximum absolute atomic E-state index is 10.3. The molecule has 0 unspecified atom stereocenters. The number of aryl methyl sites for hydroxylation is 2. The Morgan fingerprint density at radius 1 is 1.50 bits per heavy atom. The Bertz CT molecular complexity index is 416. The van der Waals surface area contributed by atoms with Crippen LogP contribution >= 0.6 is 0 Å². The van der Waals surface area contributed by atoms with E-state index in [1.807, 2.05) is 25.1 Å². The van der Waals surface area contributed by atoms with Gasteiger partial charge in [-0.2, -0.15) is 0 Å². The zero-order chi connectivity index (χ0) is 13.4. The fourth-order valence-electron chi connectivity index (χ4n) is 1.63. The van der Waals surface area contributed by atoms with Crippen molar-refractivity contribution in [3.8, 4) is 0 Å². The van der Waals surface area contributed by atoms with Crippen LogP contribution in [-0.2, 0) is 16.0 Å². The lowest BCUT2D eigenvalue weighted by Crippen LogP contribution is -2.04. The van der Waals surface area contributed by atoms with Crippen molar-refractivity contribution < 1.29 is 14.6 Å². The molecular formula is C14H19NO3. The van der Waals surface area contributed by atoms with E-state index < -0.39 is 5.97 Å². The van der Waals surface area contributed by atoms with Crippen molar-refractivity contribution in [2.75, 3.05) is 13.2 Å². The highest BCUT2D eigenvalue weighted by molar-refractivity contribution is 5.66. The first-order valence-corrected chi connectivity index (χ1v) is 6.01. The Morgan fingerprint density at radius 2 is 2.28 bits per heavy atom. The number of hydrogen-bond donors (Lipinski definition) is 1. The molecule has 0 spiro atoms. The summed E-state index contributed by atoms with van der Waals surface area (Å²) in [7, 11) is 0. The Balaban J connectivity index is 2.28. The van der Waals surface area contributed by atoms with Crippen molar-refractivity contribution in [2.24, 2.45) is 0 Å². The summed E-state index contributed by atoms with van der Waals surface area (Å²) in [4.78, 5) is 14.7. The average molecular weight is 249 g/mol. The Kier molecular flexibility index (Phi) is 6.08. The fraction of sp³-hybridized carbons (Fsp3) is 0.429. The van der Waals surface area contributed by atoms with Gasteiger partial charge in [-0.3, -0.25) is 9.78 Å². The van der Waals surface area contributed by atoms with Crippen molar-refractivity contribution in [2.45, 2.75) is 26.2 Å². The van der Waals surface area contributed by atoms with Crippen LogP contribution in [0.1, 0.15) is 29.8 Å². The lowest BCUT2D eigenvalue weighted by atomic mass is 10.1. The van der Waals surface area contributed by atoms with Gasteiger partial charge in [0.25, 0.3) is 0 Å². The molecule has 1 heterocycles. The summed E-state index contributed by atoms with van der Waals surface area (Å²) >= 11 is 0. The maximum Gasteiger partial charge on any atom is 0.305 e. The molecule has 4 heteroatoms. The molecular weight excluding hydrogens is 230 g/mol. The molecule has 0 aliphatic rings. The lowest BCUT2D eigenvalue weighted by molar-refractivity contribution is -0.138.